The first kappa shape index (κ1) is 10.8. The largest absolute Gasteiger partial charge is 0.496 e. The predicted molar refractivity (Wildman–Crippen MR) is 71.3 cm³/mol. The van der Waals surface area contributed by atoms with Crippen LogP contribution in [0.3, 0.4) is 0 Å². The number of hydrogen-bond donors (Lipinski definition) is 0. The molecule has 0 aliphatic carbocycles. The Kier molecular flexibility index (Phi) is 2.33. The van der Waals surface area contributed by atoms with Crippen LogP contribution in [0.4, 0.5) is 0 Å². The zero-order chi connectivity index (χ0) is 12.7. The molecule has 0 N–H and O–H groups in total. The van der Waals surface area contributed by atoms with E-state index >= 15 is 0 Å². The van der Waals surface area contributed by atoms with Gasteiger partial charge in [0.25, 0.3) is 0 Å². The Hall–Kier alpha value is -2.29. The maximum atomic E-state index is 11.9. The minimum Gasteiger partial charge on any atom is -0.496 e. The van der Waals surface area contributed by atoms with Crippen LogP contribution in [-0.4, -0.2) is 7.11 Å². The first-order chi connectivity index (χ1) is 8.70. The molecule has 3 aromatic rings. The van der Waals surface area contributed by atoms with E-state index < -0.39 is 0 Å². The van der Waals surface area contributed by atoms with Gasteiger partial charge in [0.2, 0.25) is 0 Å². The lowest BCUT2D eigenvalue weighted by atomic mass is 10.0. The molecule has 0 radical (unpaired) electrons. The molecule has 3 nitrogen and oxygen atoms in total. The fraction of sp³-hybridized carbons (Fsp3) is 0.133. The fourth-order valence-corrected chi connectivity index (χ4v) is 2.23. The van der Waals surface area contributed by atoms with E-state index in [4.69, 9.17) is 9.15 Å². The molecule has 1 aromatic heterocycles. The molecule has 3 rings (SSSR count). The normalized spacial score (nSPS) is 11.0. The van der Waals surface area contributed by atoms with Gasteiger partial charge in [-0.2, -0.15) is 0 Å². The number of ether oxygens (including phenoxy) is 1. The van der Waals surface area contributed by atoms with Crippen LogP contribution in [0.1, 0.15) is 5.56 Å². The minimum atomic E-state index is -0.333. The molecule has 2 aromatic carbocycles. The van der Waals surface area contributed by atoms with Gasteiger partial charge < -0.3 is 9.15 Å². The molecule has 0 atom stereocenters. The van der Waals surface area contributed by atoms with Crippen molar-refractivity contribution in [3.8, 4) is 5.75 Å². The third-order valence-corrected chi connectivity index (χ3v) is 3.07. The maximum Gasteiger partial charge on any atom is 0.344 e. The first-order valence-corrected chi connectivity index (χ1v) is 5.71. The second-order valence-corrected chi connectivity index (χ2v) is 4.27. The Morgan fingerprint density at radius 1 is 1.11 bits per heavy atom. The molecule has 0 amide bonds. The summed E-state index contributed by atoms with van der Waals surface area (Å²) in [6, 6.07) is 11.1. The second-order valence-electron chi connectivity index (χ2n) is 4.27. The molecule has 0 bridgehead atoms. The van der Waals surface area contributed by atoms with Crippen LogP contribution in [-0.2, 0) is 0 Å². The van der Waals surface area contributed by atoms with Gasteiger partial charge in [-0.15, -0.1) is 0 Å². The molecule has 0 aliphatic heterocycles. The number of methoxy groups -OCH3 is 1. The highest BCUT2D eigenvalue weighted by atomic mass is 16.5. The van der Waals surface area contributed by atoms with Crippen LogP contribution in [0.25, 0.3) is 21.7 Å². The molecule has 0 saturated heterocycles. The van der Waals surface area contributed by atoms with E-state index in [2.05, 4.69) is 0 Å². The van der Waals surface area contributed by atoms with Gasteiger partial charge in [0.15, 0.2) is 0 Å². The highest BCUT2D eigenvalue weighted by Gasteiger charge is 2.11. The average molecular weight is 240 g/mol. The Balaban J connectivity index is 2.65. The summed E-state index contributed by atoms with van der Waals surface area (Å²) in [4.78, 5) is 11.9. The van der Waals surface area contributed by atoms with Crippen molar-refractivity contribution in [3.05, 3.63) is 52.4 Å². The van der Waals surface area contributed by atoms with Crippen LogP contribution < -0.4 is 10.4 Å². The summed E-state index contributed by atoms with van der Waals surface area (Å²) in [6.45, 7) is 2.01. The SMILES string of the molecule is COc1cccc2c(=O)oc3ccc(C)cc3c12. The lowest BCUT2D eigenvalue weighted by Gasteiger charge is -2.07. The van der Waals surface area contributed by atoms with Gasteiger partial charge in [-0.25, -0.2) is 4.79 Å². The number of benzene rings is 2. The van der Waals surface area contributed by atoms with Crippen molar-refractivity contribution in [1.29, 1.82) is 0 Å². The summed E-state index contributed by atoms with van der Waals surface area (Å²) in [5, 5.41) is 2.27. The zero-order valence-corrected chi connectivity index (χ0v) is 10.2. The molecule has 1 heterocycles. The fourth-order valence-electron chi connectivity index (χ4n) is 2.23. The molecule has 0 saturated carbocycles. The lowest BCUT2D eigenvalue weighted by molar-refractivity contribution is 0.420. The van der Waals surface area contributed by atoms with Crippen molar-refractivity contribution in [2.75, 3.05) is 7.11 Å². The van der Waals surface area contributed by atoms with Crippen LogP contribution in [0.15, 0.2) is 45.6 Å². The number of fused-ring (bicyclic) bond motifs is 3. The van der Waals surface area contributed by atoms with E-state index in [0.717, 1.165) is 16.3 Å². The minimum absolute atomic E-state index is 0.333. The van der Waals surface area contributed by atoms with Gasteiger partial charge >= 0.3 is 5.63 Å². The van der Waals surface area contributed by atoms with Crippen molar-refractivity contribution in [1.82, 2.24) is 0 Å². The molecular weight excluding hydrogens is 228 g/mol. The standard InChI is InChI=1S/C15H12O3/c1-9-6-7-12-11(8-9)14-10(15(16)18-12)4-3-5-13(14)17-2/h3-8H,1-2H3. The average Bonchev–Trinajstić information content (AvgIpc) is 2.39. The van der Waals surface area contributed by atoms with Gasteiger partial charge in [0, 0.05) is 10.8 Å². The van der Waals surface area contributed by atoms with Gasteiger partial charge in [-0.3, -0.25) is 0 Å². The van der Waals surface area contributed by atoms with E-state index in [1.165, 1.54) is 0 Å². The summed E-state index contributed by atoms with van der Waals surface area (Å²) in [7, 11) is 1.60. The number of rotatable bonds is 1. The van der Waals surface area contributed by atoms with Crippen molar-refractivity contribution < 1.29 is 9.15 Å². The van der Waals surface area contributed by atoms with Gasteiger partial charge in [0.05, 0.1) is 12.5 Å². The van der Waals surface area contributed by atoms with Gasteiger partial charge in [-0.05, 0) is 31.2 Å². The Bertz CT molecular complexity index is 800. The lowest BCUT2D eigenvalue weighted by Crippen LogP contribution is -2.01. The summed E-state index contributed by atoms with van der Waals surface area (Å²) in [5.41, 5.74) is 1.37. The smallest absolute Gasteiger partial charge is 0.344 e. The van der Waals surface area contributed by atoms with E-state index in [-0.39, 0.29) is 5.63 Å². The van der Waals surface area contributed by atoms with Gasteiger partial charge in [0.1, 0.15) is 11.3 Å². The molecule has 90 valence electrons. The van der Waals surface area contributed by atoms with Crippen LogP contribution >= 0.6 is 0 Å². The Morgan fingerprint density at radius 2 is 1.94 bits per heavy atom. The monoisotopic (exact) mass is 240 g/mol. The van der Waals surface area contributed by atoms with E-state index in [1.807, 2.05) is 31.2 Å². The van der Waals surface area contributed by atoms with Crippen molar-refractivity contribution in [2.45, 2.75) is 6.92 Å². The third-order valence-electron chi connectivity index (χ3n) is 3.07. The molecular formula is C15H12O3. The van der Waals surface area contributed by atoms with E-state index in [9.17, 15) is 4.79 Å². The van der Waals surface area contributed by atoms with Crippen molar-refractivity contribution in [2.24, 2.45) is 0 Å². The topological polar surface area (TPSA) is 39.4 Å². The molecule has 0 unspecified atom stereocenters. The summed E-state index contributed by atoms with van der Waals surface area (Å²) < 4.78 is 10.7. The number of hydrogen-bond acceptors (Lipinski definition) is 3. The van der Waals surface area contributed by atoms with Crippen LogP contribution in [0, 0.1) is 6.92 Å². The predicted octanol–water partition coefficient (Wildman–Crippen LogP) is 3.26. The van der Waals surface area contributed by atoms with Crippen LogP contribution in [0.2, 0.25) is 0 Å². The van der Waals surface area contributed by atoms with Crippen molar-refractivity contribution >= 4 is 21.7 Å². The van der Waals surface area contributed by atoms with E-state index in [0.29, 0.717) is 16.7 Å². The molecule has 0 aliphatic rings. The van der Waals surface area contributed by atoms with Crippen LogP contribution in [0.5, 0.6) is 5.75 Å². The highest BCUT2D eigenvalue weighted by molar-refractivity contribution is 6.07. The Morgan fingerprint density at radius 3 is 2.72 bits per heavy atom. The number of aryl methyl sites for hydroxylation is 1. The summed E-state index contributed by atoms with van der Waals surface area (Å²) >= 11 is 0. The van der Waals surface area contributed by atoms with Crippen molar-refractivity contribution in [3.63, 3.8) is 0 Å². The molecule has 0 fully saturated rings. The zero-order valence-electron chi connectivity index (χ0n) is 10.2. The van der Waals surface area contributed by atoms with E-state index in [1.54, 1.807) is 19.2 Å². The summed E-state index contributed by atoms with van der Waals surface area (Å²) in [6.07, 6.45) is 0. The molecule has 0 spiro atoms. The molecule has 18 heavy (non-hydrogen) atoms. The Labute approximate surface area is 104 Å². The first-order valence-electron chi connectivity index (χ1n) is 5.71. The van der Waals surface area contributed by atoms with Gasteiger partial charge in [-0.1, -0.05) is 17.7 Å². The maximum absolute atomic E-state index is 11.9. The molecule has 3 heteroatoms. The second kappa shape index (κ2) is 3.88. The third kappa shape index (κ3) is 1.48. The quantitative estimate of drug-likeness (QED) is 0.484. The summed E-state index contributed by atoms with van der Waals surface area (Å²) in [5.74, 6) is 0.691. The highest BCUT2D eigenvalue weighted by Crippen LogP contribution is 2.31.